The van der Waals surface area contributed by atoms with E-state index in [4.69, 9.17) is 11.6 Å². The van der Waals surface area contributed by atoms with E-state index in [1.807, 2.05) is 31.2 Å². The van der Waals surface area contributed by atoms with Crippen molar-refractivity contribution in [2.75, 3.05) is 19.6 Å². The van der Waals surface area contributed by atoms with Crippen molar-refractivity contribution < 1.29 is 8.42 Å². The van der Waals surface area contributed by atoms with E-state index in [0.717, 1.165) is 5.56 Å². The predicted octanol–water partition coefficient (Wildman–Crippen LogP) is 2.99. The number of aliphatic imine (C=N–C) groups is 1. The molecule has 148 valence electrons. The Bertz CT molecular complexity index is 815. The second-order valence-corrected chi connectivity index (χ2v) is 7.66. The summed E-state index contributed by atoms with van der Waals surface area (Å²) < 4.78 is 26.9. The van der Waals surface area contributed by atoms with Gasteiger partial charge < -0.3 is 10.6 Å². The molecule has 0 aromatic heterocycles. The van der Waals surface area contributed by atoms with Crippen molar-refractivity contribution in [1.82, 2.24) is 15.4 Å². The van der Waals surface area contributed by atoms with Crippen LogP contribution in [0.2, 0.25) is 5.02 Å². The van der Waals surface area contributed by atoms with E-state index in [2.05, 4.69) is 20.3 Å². The van der Waals surface area contributed by atoms with Crippen molar-refractivity contribution in [2.45, 2.75) is 18.4 Å². The fourth-order valence-corrected chi connectivity index (χ4v) is 3.33. The van der Waals surface area contributed by atoms with Gasteiger partial charge in [-0.25, -0.2) is 18.1 Å². The van der Waals surface area contributed by atoms with Gasteiger partial charge in [0.2, 0.25) is 10.0 Å². The van der Waals surface area contributed by atoms with Crippen LogP contribution in [0.25, 0.3) is 0 Å². The molecule has 6 nitrogen and oxygen atoms in total. The molecule has 27 heavy (non-hydrogen) atoms. The summed E-state index contributed by atoms with van der Waals surface area (Å²) in [5.41, 5.74) is 1.04. The first kappa shape index (κ1) is 23.7. The molecule has 0 aliphatic carbocycles. The monoisotopic (exact) mass is 522 g/mol. The third kappa shape index (κ3) is 8.46. The van der Waals surface area contributed by atoms with Crippen LogP contribution in [-0.2, 0) is 16.6 Å². The summed E-state index contributed by atoms with van der Waals surface area (Å²) in [6.45, 7) is 3.85. The average molecular weight is 523 g/mol. The van der Waals surface area contributed by atoms with Crippen LogP contribution in [0.1, 0.15) is 12.5 Å². The lowest BCUT2D eigenvalue weighted by Crippen LogP contribution is -2.41. The molecule has 0 amide bonds. The second kappa shape index (κ2) is 12.2. The van der Waals surface area contributed by atoms with Crippen LogP contribution in [-0.4, -0.2) is 34.0 Å². The maximum atomic E-state index is 12.1. The summed E-state index contributed by atoms with van der Waals surface area (Å²) in [6, 6.07) is 15.8. The van der Waals surface area contributed by atoms with E-state index in [0.29, 0.717) is 30.6 Å². The van der Waals surface area contributed by atoms with Crippen molar-refractivity contribution in [3.05, 3.63) is 65.2 Å². The lowest BCUT2D eigenvalue weighted by Gasteiger charge is -2.12. The number of guanidine groups is 1. The first-order valence-corrected chi connectivity index (χ1v) is 10.2. The summed E-state index contributed by atoms with van der Waals surface area (Å²) in [7, 11) is -3.49. The van der Waals surface area contributed by atoms with Crippen LogP contribution in [0.3, 0.4) is 0 Å². The van der Waals surface area contributed by atoms with Gasteiger partial charge in [0.05, 0.1) is 11.4 Å². The minimum Gasteiger partial charge on any atom is -0.357 e. The highest BCUT2D eigenvalue weighted by Crippen LogP contribution is 2.10. The summed E-state index contributed by atoms with van der Waals surface area (Å²) in [5.74, 6) is 0.626. The van der Waals surface area contributed by atoms with Gasteiger partial charge in [-0.2, -0.15) is 0 Å². The van der Waals surface area contributed by atoms with Gasteiger partial charge in [0.1, 0.15) is 0 Å². The minimum atomic E-state index is -3.49. The van der Waals surface area contributed by atoms with E-state index >= 15 is 0 Å². The molecule has 0 radical (unpaired) electrons. The van der Waals surface area contributed by atoms with Crippen LogP contribution >= 0.6 is 35.6 Å². The molecule has 3 N–H and O–H groups in total. The third-order valence-corrected chi connectivity index (χ3v) is 5.17. The summed E-state index contributed by atoms with van der Waals surface area (Å²) >= 11 is 5.87. The van der Waals surface area contributed by atoms with Crippen molar-refractivity contribution >= 4 is 51.6 Å². The molecule has 0 unspecified atom stereocenters. The molecule has 0 saturated heterocycles. The Morgan fingerprint density at radius 1 is 1.00 bits per heavy atom. The Kier molecular flexibility index (Phi) is 10.7. The topological polar surface area (TPSA) is 82.6 Å². The molecule has 0 spiro atoms. The number of nitrogens with one attached hydrogen (secondary N) is 3. The molecule has 0 aliphatic rings. The molecule has 0 bridgehead atoms. The normalized spacial score (nSPS) is 11.6. The van der Waals surface area contributed by atoms with E-state index in [9.17, 15) is 8.42 Å². The maximum Gasteiger partial charge on any atom is 0.240 e. The van der Waals surface area contributed by atoms with Crippen LogP contribution in [0.15, 0.2) is 64.5 Å². The summed E-state index contributed by atoms with van der Waals surface area (Å²) in [6.07, 6.45) is 0. The SMILES string of the molecule is CCNC(=NCc1ccc(Cl)cc1)NCCNS(=O)(=O)c1ccccc1.I. The Morgan fingerprint density at radius 2 is 1.67 bits per heavy atom. The lowest BCUT2D eigenvalue weighted by molar-refractivity contribution is 0.580. The van der Waals surface area contributed by atoms with Gasteiger partial charge in [0.25, 0.3) is 0 Å². The predicted molar refractivity (Wildman–Crippen MR) is 121 cm³/mol. The van der Waals surface area contributed by atoms with Gasteiger partial charge in [-0.1, -0.05) is 41.9 Å². The quantitative estimate of drug-likeness (QED) is 0.215. The van der Waals surface area contributed by atoms with Gasteiger partial charge in [-0.15, -0.1) is 24.0 Å². The van der Waals surface area contributed by atoms with Gasteiger partial charge in [0, 0.05) is 24.7 Å². The molecule has 0 saturated carbocycles. The molecule has 0 fully saturated rings. The van der Waals surface area contributed by atoms with E-state index < -0.39 is 10.0 Å². The van der Waals surface area contributed by atoms with E-state index in [-0.39, 0.29) is 35.4 Å². The van der Waals surface area contributed by atoms with Crippen molar-refractivity contribution in [3.8, 4) is 0 Å². The van der Waals surface area contributed by atoms with Crippen LogP contribution in [0.4, 0.5) is 0 Å². The van der Waals surface area contributed by atoms with Crippen molar-refractivity contribution in [2.24, 2.45) is 4.99 Å². The molecule has 2 rings (SSSR count). The minimum absolute atomic E-state index is 0. The highest BCUT2D eigenvalue weighted by molar-refractivity contribution is 14.0. The molecular formula is C18H24ClIN4O2S. The third-order valence-electron chi connectivity index (χ3n) is 3.44. The van der Waals surface area contributed by atoms with Crippen LogP contribution in [0, 0.1) is 0 Å². The molecular weight excluding hydrogens is 499 g/mol. The molecule has 0 heterocycles. The van der Waals surface area contributed by atoms with Gasteiger partial charge in [-0.3, -0.25) is 0 Å². The fraction of sp³-hybridized carbons (Fsp3) is 0.278. The Balaban J connectivity index is 0.00000364. The standard InChI is InChI=1S/C18H23ClN4O2S.HI/c1-2-20-18(22-14-15-8-10-16(19)11-9-15)21-12-13-23-26(24,25)17-6-4-3-5-7-17;/h3-11,23H,2,12-14H2,1H3,(H2,20,21,22);1H. The van der Waals surface area contributed by atoms with Gasteiger partial charge >= 0.3 is 0 Å². The molecule has 2 aromatic rings. The van der Waals surface area contributed by atoms with Crippen molar-refractivity contribution in [3.63, 3.8) is 0 Å². The highest BCUT2D eigenvalue weighted by Gasteiger charge is 2.11. The molecule has 0 aliphatic heterocycles. The maximum absolute atomic E-state index is 12.1. The van der Waals surface area contributed by atoms with E-state index in [1.54, 1.807) is 30.3 Å². The van der Waals surface area contributed by atoms with Gasteiger partial charge in [-0.05, 0) is 36.8 Å². The first-order chi connectivity index (χ1) is 12.5. The largest absolute Gasteiger partial charge is 0.357 e. The van der Waals surface area contributed by atoms with Crippen LogP contribution < -0.4 is 15.4 Å². The zero-order valence-electron chi connectivity index (χ0n) is 15.0. The Morgan fingerprint density at radius 3 is 2.30 bits per heavy atom. The number of hydrogen-bond donors (Lipinski definition) is 3. The van der Waals surface area contributed by atoms with Crippen LogP contribution in [0.5, 0.6) is 0 Å². The number of benzene rings is 2. The Labute approximate surface area is 182 Å². The Hall–Kier alpha value is -1.36. The fourth-order valence-electron chi connectivity index (χ4n) is 2.15. The first-order valence-electron chi connectivity index (χ1n) is 8.32. The molecule has 9 heteroatoms. The van der Waals surface area contributed by atoms with Gasteiger partial charge in [0.15, 0.2) is 5.96 Å². The zero-order valence-corrected chi connectivity index (χ0v) is 18.9. The smallest absolute Gasteiger partial charge is 0.240 e. The summed E-state index contributed by atoms with van der Waals surface area (Å²) in [4.78, 5) is 4.73. The average Bonchev–Trinajstić information content (AvgIpc) is 2.65. The second-order valence-electron chi connectivity index (χ2n) is 5.46. The van der Waals surface area contributed by atoms with Crippen molar-refractivity contribution in [1.29, 1.82) is 0 Å². The molecule has 2 aromatic carbocycles. The molecule has 0 atom stereocenters. The number of hydrogen-bond acceptors (Lipinski definition) is 3. The number of halogens is 2. The van der Waals surface area contributed by atoms with E-state index in [1.165, 1.54) is 0 Å². The zero-order chi connectivity index (χ0) is 18.8. The number of nitrogens with zero attached hydrogens (tertiary/aromatic N) is 1. The highest BCUT2D eigenvalue weighted by atomic mass is 127. The lowest BCUT2D eigenvalue weighted by atomic mass is 10.2. The number of rotatable bonds is 8. The summed E-state index contributed by atoms with van der Waals surface area (Å²) in [5, 5.41) is 6.93. The number of sulfonamides is 1.